The van der Waals surface area contributed by atoms with E-state index in [1.165, 1.54) is 5.57 Å². The van der Waals surface area contributed by atoms with E-state index in [4.69, 9.17) is 15.6 Å². The van der Waals surface area contributed by atoms with Crippen molar-refractivity contribution in [2.45, 2.75) is 32.7 Å². The van der Waals surface area contributed by atoms with Crippen LogP contribution >= 0.6 is 0 Å². The number of rotatable bonds is 6. The molecule has 1 atom stereocenters. The van der Waals surface area contributed by atoms with Crippen molar-refractivity contribution < 1.29 is 14.6 Å². The first-order chi connectivity index (χ1) is 10.4. The van der Waals surface area contributed by atoms with Gasteiger partial charge in [-0.05, 0) is 43.5 Å². The second-order valence-corrected chi connectivity index (χ2v) is 5.66. The van der Waals surface area contributed by atoms with Crippen LogP contribution in [0.25, 0.3) is 10.9 Å². The molecular formula is C17H22N2O3. The summed E-state index contributed by atoms with van der Waals surface area (Å²) in [7, 11) is 1.63. The van der Waals surface area contributed by atoms with Gasteiger partial charge in [-0.25, -0.2) is 0 Å². The minimum atomic E-state index is -0.998. The molecule has 1 heterocycles. The summed E-state index contributed by atoms with van der Waals surface area (Å²) in [6.07, 6.45) is 5.06. The van der Waals surface area contributed by atoms with Gasteiger partial charge in [0.2, 0.25) is 0 Å². The van der Waals surface area contributed by atoms with E-state index in [-0.39, 0.29) is 6.42 Å². The summed E-state index contributed by atoms with van der Waals surface area (Å²) in [6.45, 7) is 4.12. The minimum absolute atomic E-state index is 0.282. The maximum atomic E-state index is 11.0. The van der Waals surface area contributed by atoms with E-state index in [1.807, 2.05) is 18.3 Å². The van der Waals surface area contributed by atoms with E-state index in [9.17, 15) is 4.79 Å². The molecule has 5 heteroatoms. The number of nitrogens with one attached hydrogen (secondary N) is 1. The molecule has 22 heavy (non-hydrogen) atoms. The molecular weight excluding hydrogens is 280 g/mol. The van der Waals surface area contributed by atoms with Crippen LogP contribution in [-0.2, 0) is 17.6 Å². The van der Waals surface area contributed by atoms with Gasteiger partial charge >= 0.3 is 5.97 Å². The monoisotopic (exact) mass is 302 g/mol. The van der Waals surface area contributed by atoms with Gasteiger partial charge in [-0.15, -0.1) is 0 Å². The van der Waals surface area contributed by atoms with E-state index in [0.717, 1.165) is 34.2 Å². The van der Waals surface area contributed by atoms with Crippen molar-refractivity contribution in [3.05, 3.63) is 41.1 Å². The Morgan fingerprint density at radius 2 is 2.14 bits per heavy atom. The molecule has 2 aromatic rings. The Bertz CT molecular complexity index is 712. The number of benzene rings is 1. The van der Waals surface area contributed by atoms with Gasteiger partial charge in [0.15, 0.2) is 0 Å². The molecule has 2 rings (SSSR count). The quantitative estimate of drug-likeness (QED) is 0.716. The van der Waals surface area contributed by atoms with Gasteiger partial charge in [0.1, 0.15) is 11.8 Å². The SMILES string of the molecule is COc1cc(CC=C(C)C)c2[nH]cc(CC(N)C(=O)O)c2c1. The lowest BCUT2D eigenvalue weighted by Crippen LogP contribution is -2.32. The normalized spacial score (nSPS) is 12.2. The third-order valence-corrected chi connectivity index (χ3v) is 3.65. The van der Waals surface area contributed by atoms with Crippen molar-refractivity contribution in [2.75, 3.05) is 7.11 Å². The highest BCUT2D eigenvalue weighted by molar-refractivity contribution is 5.88. The second kappa shape index (κ2) is 6.66. The van der Waals surface area contributed by atoms with Crippen LogP contribution in [0.15, 0.2) is 30.0 Å². The fourth-order valence-electron chi connectivity index (χ4n) is 2.42. The maximum absolute atomic E-state index is 11.0. The number of fused-ring (bicyclic) bond motifs is 1. The third kappa shape index (κ3) is 3.49. The summed E-state index contributed by atoms with van der Waals surface area (Å²) in [5.41, 5.74) is 9.91. The van der Waals surface area contributed by atoms with E-state index in [2.05, 4.69) is 24.9 Å². The molecule has 0 saturated heterocycles. The Kier molecular flexibility index (Phi) is 4.88. The number of hydrogen-bond acceptors (Lipinski definition) is 3. The molecule has 0 bridgehead atoms. The molecule has 0 aliphatic carbocycles. The van der Waals surface area contributed by atoms with Gasteiger partial charge < -0.3 is 20.6 Å². The minimum Gasteiger partial charge on any atom is -0.497 e. The standard InChI is InChI=1S/C17H22N2O3/c1-10(2)4-5-11-6-13(22-3)8-14-12(9-19-16(11)14)7-15(18)17(20)21/h4,6,8-9,15,19H,5,7,18H2,1-3H3,(H,20,21). The van der Waals surface area contributed by atoms with E-state index in [0.29, 0.717) is 0 Å². The van der Waals surface area contributed by atoms with Crippen molar-refractivity contribution >= 4 is 16.9 Å². The summed E-state index contributed by atoms with van der Waals surface area (Å²) in [6, 6.07) is 3.01. The number of allylic oxidation sites excluding steroid dienone is 2. The molecule has 118 valence electrons. The number of H-pyrrole nitrogens is 1. The number of aliphatic carboxylic acids is 1. The predicted octanol–water partition coefficient (Wildman–Crippen LogP) is 2.64. The number of nitrogens with two attached hydrogens (primary N) is 1. The van der Waals surface area contributed by atoms with Crippen molar-refractivity contribution in [3.8, 4) is 5.75 Å². The lowest BCUT2D eigenvalue weighted by atomic mass is 10.0. The van der Waals surface area contributed by atoms with Crippen LogP contribution in [0.1, 0.15) is 25.0 Å². The zero-order chi connectivity index (χ0) is 16.3. The largest absolute Gasteiger partial charge is 0.497 e. The Morgan fingerprint density at radius 3 is 2.73 bits per heavy atom. The van der Waals surface area contributed by atoms with E-state index >= 15 is 0 Å². The van der Waals surface area contributed by atoms with Crippen LogP contribution in [0.5, 0.6) is 5.75 Å². The Morgan fingerprint density at radius 1 is 1.41 bits per heavy atom. The topological polar surface area (TPSA) is 88.3 Å². The van der Waals surface area contributed by atoms with Crippen molar-refractivity contribution in [3.63, 3.8) is 0 Å². The van der Waals surface area contributed by atoms with Gasteiger partial charge in [-0.2, -0.15) is 0 Å². The molecule has 0 aliphatic rings. The van der Waals surface area contributed by atoms with Crippen LogP contribution in [-0.4, -0.2) is 29.2 Å². The van der Waals surface area contributed by atoms with Crippen LogP contribution in [0.4, 0.5) is 0 Å². The number of methoxy groups -OCH3 is 1. The number of carboxylic acids is 1. The predicted molar refractivity (Wildman–Crippen MR) is 87.3 cm³/mol. The molecule has 1 unspecified atom stereocenters. The summed E-state index contributed by atoms with van der Waals surface area (Å²) in [5.74, 6) is -0.239. The van der Waals surface area contributed by atoms with Gasteiger partial charge in [-0.3, -0.25) is 4.79 Å². The Balaban J connectivity index is 2.47. The fraction of sp³-hybridized carbons (Fsp3) is 0.353. The van der Waals surface area contributed by atoms with Gasteiger partial charge in [0, 0.05) is 23.5 Å². The van der Waals surface area contributed by atoms with Crippen LogP contribution in [0, 0.1) is 0 Å². The summed E-state index contributed by atoms with van der Waals surface area (Å²) in [4.78, 5) is 14.2. The molecule has 0 radical (unpaired) electrons. The van der Waals surface area contributed by atoms with E-state index < -0.39 is 12.0 Å². The number of aromatic nitrogens is 1. The second-order valence-electron chi connectivity index (χ2n) is 5.66. The lowest BCUT2D eigenvalue weighted by molar-refractivity contribution is -0.138. The van der Waals surface area contributed by atoms with Gasteiger partial charge in [0.25, 0.3) is 0 Å². The highest BCUT2D eigenvalue weighted by Gasteiger charge is 2.16. The molecule has 0 aliphatic heterocycles. The van der Waals surface area contributed by atoms with Crippen LogP contribution in [0.3, 0.4) is 0 Å². The molecule has 4 N–H and O–H groups in total. The number of carboxylic acid groups (broad SMARTS) is 1. The lowest BCUT2D eigenvalue weighted by Gasteiger charge is -2.08. The number of hydrogen-bond donors (Lipinski definition) is 3. The number of ether oxygens (including phenoxy) is 1. The zero-order valence-electron chi connectivity index (χ0n) is 13.1. The number of carbonyl (C=O) groups is 1. The molecule has 1 aromatic heterocycles. The molecule has 5 nitrogen and oxygen atoms in total. The number of aromatic amines is 1. The van der Waals surface area contributed by atoms with Crippen molar-refractivity contribution in [1.82, 2.24) is 4.98 Å². The van der Waals surface area contributed by atoms with Gasteiger partial charge in [0.05, 0.1) is 7.11 Å². The highest BCUT2D eigenvalue weighted by Crippen LogP contribution is 2.29. The highest BCUT2D eigenvalue weighted by atomic mass is 16.5. The average Bonchev–Trinajstić information content (AvgIpc) is 2.87. The average molecular weight is 302 g/mol. The fourth-order valence-corrected chi connectivity index (χ4v) is 2.42. The van der Waals surface area contributed by atoms with E-state index in [1.54, 1.807) is 7.11 Å². The Hall–Kier alpha value is -2.27. The van der Waals surface area contributed by atoms with Gasteiger partial charge in [-0.1, -0.05) is 11.6 Å². The molecule has 0 saturated carbocycles. The smallest absolute Gasteiger partial charge is 0.320 e. The molecule has 0 amide bonds. The van der Waals surface area contributed by atoms with Crippen LogP contribution in [0.2, 0.25) is 0 Å². The van der Waals surface area contributed by atoms with Crippen molar-refractivity contribution in [2.24, 2.45) is 5.73 Å². The molecule has 0 fully saturated rings. The van der Waals surface area contributed by atoms with Crippen LogP contribution < -0.4 is 10.5 Å². The maximum Gasteiger partial charge on any atom is 0.320 e. The first-order valence-electron chi connectivity index (χ1n) is 7.21. The summed E-state index contributed by atoms with van der Waals surface area (Å²) in [5, 5.41) is 9.95. The summed E-state index contributed by atoms with van der Waals surface area (Å²) < 4.78 is 5.36. The Labute approximate surface area is 129 Å². The zero-order valence-corrected chi connectivity index (χ0v) is 13.1. The first-order valence-corrected chi connectivity index (χ1v) is 7.21. The molecule has 1 aromatic carbocycles. The molecule has 0 spiro atoms. The third-order valence-electron chi connectivity index (χ3n) is 3.65. The first kappa shape index (κ1) is 16.1. The van der Waals surface area contributed by atoms with Crippen molar-refractivity contribution in [1.29, 1.82) is 0 Å². The summed E-state index contributed by atoms with van der Waals surface area (Å²) >= 11 is 0.